The molecule has 1 amide bonds. The van der Waals surface area contributed by atoms with Crippen molar-refractivity contribution in [2.75, 3.05) is 23.3 Å². The van der Waals surface area contributed by atoms with E-state index in [0.29, 0.717) is 22.3 Å². The molecule has 0 bridgehead atoms. The van der Waals surface area contributed by atoms with Crippen molar-refractivity contribution >= 4 is 34.2 Å². The highest BCUT2D eigenvalue weighted by atomic mass is 16.4. The number of carbonyl (C=O) groups excluding carboxylic acids is 1. The summed E-state index contributed by atoms with van der Waals surface area (Å²) >= 11 is 0. The van der Waals surface area contributed by atoms with Gasteiger partial charge in [-0.2, -0.15) is 0 Å². The van der Waals surface area contributed by atoms with Crippen molar-refractivity contribution in [2.24, 2.45) is 0 Å². The highest BCUT2D eigenvalue weighted by molar-refractivity contribution is 6.09. The number of anilines is 2. The molecule has 6 nitrogen and oxygen atoms in total. The van der Waals surface area contributed by atoms with E-state index in [0.717, 1.165) is 48.4 Å². The lowest BCUT2D eigenvalue weighted by molar-refractivity contribution is 0.0697. The number of nitrogens with one attached hydrogen (secondary N) is 1. The Labute approximate surface area is 197 Å². The van der Waals surface area contributed by atoms with Gasteiger partial charge in [0.2, 0.25) is 0 Å². The molecule has 2 heterocycles. The third kappa shape index (κ3) is 4.39. The van der Waals surface area contributed by atoms with Crippen molar-refractivity contribution in [1.82, 2.24) is 0 Å². The van der Waals surface area contributed by atoms with Crippen molar-refractivity contribution in [3.8, 4) is 11.3 Å². The second-order valence-electron chi connectivity index (χ2n) is 8.77. The SMILES string of the molecule is Cc1ccc(NC(=O)c2cc(-c3cc4cc(C(=O)O)ccc4o3)ccc2N2CCCCC2)cc1. The van der Waals surface area contributed by atoms with E-state index in [1.54, 1.807) is 12.1 Å². The fourth-order valence-corrected chi connectivity index (χ4v) is 4.44. The van der Waals surface area contributed by atoms with Crippen LogP contribution in [-0.2, 0) is 0 Å². The van der Waals surface area contributed by atoms with Crippen LogP contribution in [0.4, 0.5) is 11.4 Å². The number of carbonyl (C=O) groups is 2. The van der Waals surface area contributed by atoms with E-state index in [2.05, 4.69) is 10.2 Å². The number of fused-ring (bicyclic) bond motifs is 1. The van der Waals surface area contributed by atoms with Crippen molar-refractivity contribution in [1.29, 1.82) is 0 Å². The highest BCUT2D eigenvalue weighted by Crippen LogP contribution is 2.33. The lowest BCUT2D eigenvalue weighted by atomic mass is 10.0. The molecule has 172 valence electrons. The smallest absolute Gasteiger partial charge is 0.335 e. The lowest BCUT2D eigenvalue weighted by Crippen LogP contribution is -2.31. The Bertz CT molecular complexity index is 1370. The normalized spacial score (nSPS) is 13.7. The summed E-state index contributed by atoms with van der Waals surface area (Å²) in [5, 5.41) is 13.0. The number of benzene rings is 3. The van der Waals surface area contributed by atoms with Crippen LogP contribution < -0.4 is 10.2 Å². The topological polar surface area (TPSA) is 82.8 Å². The lowest BCUT2D eigenvalue weighted by Gasteiger charge is -2.30. The number of amides is 1. The molecule has 1 aliphatic heterocycles. The predicted octanol–water partition coefficient (Wildman–Crippen LogP) is 6.35. The molecule has 0 saturated carbocycles. The molecule has 0 spiro atoms. The van der Waals surface area contributed by atoms with Gasteiger partial charge in [-0.3, -0.25) is 4.79 Å². The second-order valence-corrected chi connectivity index (χ2v) is 8.77. The molecule has 1 saturated heterocycles. The van der Waals surface area contributed by atoms with Gasteiger partial charge in [-0.1, -0.05) is 17.7 Å². The van der Waals surface area contributed by atoms with Crippen molar-refractivity contribution in [3.05, 3.63) is 83.4 Å². The average Bonchev–Trinajstić information content (AvgIpc) is 3.29. The fourth-order valence-electron chi connectivity index (χ4n) is 4.44. The van der Waals surface area contributed by atoms with E-state index in [1.807, 2.05) is 55.5 Å². The average molecular weight is 455 g/mol. The van der Waals surface area contributed by atoms with Crippen LogP contribution in [0, 0.1) is 6.92 Å². The number of carboxylic acid groups (broad SMARTS) is 1. The molecule has 0 unspecified atom stereocenters. The quantitative estimate of drug-likeness (QED) is 0.367. The molecule has 1 aliphatic rings. The summed E-state index contributed by atoms with van der Waals surface area (Å²) < 4.78 is 6.00. The first-order chi connectivity index (χ1) is 16.5. The molecular formula is C28H26N2O4. The number of rotatable bonds is 5. The Morgan fingerprint density at radius 2 is 1.68 bits per heavy atom. The summed E-state index contributed by atoms with van der Waals surface area (Å²) in [7, 11) is 0. The van der Waals surface area contributed by atoms with Crippen LogP contribution in [0.5, 0.6) is 0 Å². The van der Waals surface area contributed by atoms with E-state index in [4.69, 9.17) is 4.42 Å². The molecule has 6 heteroatoms. The third-order valence-corrected chi connectivity index (χ3v) is 6.30. The molecule has 0 atom stereocenters. The molecule has 1 fully saturated rings. The summed E-state index contributed by atoms with van der Waals surface area (Å²) in [4.78, 5) is 27.0. The van der Waals surface area contributed by atoms with E-state index < -0.39 is 5.97 Å². The zero-order valence-corrected chi connectivity index (χ0v) is 19.0. The van der Waals surface area contributed by atoms with E-state index in [1.165, 1.54) is 12.5 Å². The van der Waals surface area contributed by atoms with Crippen LogP contribution in [0.25, 0.3) is 22.3 Å². The van der Waals surface area contributed by atoms with Gasteiger partial charge < -0.3 is 19.7 Å². The molecule has 0 radical (unpaired) electrons. The largest absolute Gasteiger partial charge is 0.478 e. The molecule has 5 rings (SSSR count). The predicted molar refractivity (Wildman–Crippen MR) is 134 cm³/mol. The summed E-state index contributed by atoms with van der Waals surface area (Å²) in [5.41, 5.74) is 4.96. The third-order valence-electron chi connectivity index (χ3n) is 6.30. The zero-order chi connectivity index (χ0) is 23.7. The Kier molecular flexibility index (Phi) is 5.80. The number of nitrogens with zero attached hydrogens (tertiary/aromatic N) is 1. The number of hydrogen-bond acceptors (Lipinski definition) is 4. The highest BCUT2D eigenvalue weighted by Gasteiger charge is 2.21. The Morgan fingerprint density at radius 3 is 2.41 bits per heavy atom. The second kappa shape index (κ2) is 9.06. The van der Waals surface area contributed by atoms with Crippen LogP contribution >= 0.6 is 0 Å². The van der Waals surface area contributed by atoms with Gasteiger partial charge in [0.1, 0.15) is 11.3 Å². The fraction of sp³-hybridized carbons (Fsp3) is 0.214. The van der Waals surface area contributed by atoms with Gasteiger partial charge in [-0.05, 0) is 80.8 Å². The number of carboxylic acids is 1. The molecule has 4 aromatic rings. The maximum atomic E-state index is 13.4. The van der Waals surface area contributed by atoms with E-state index in [-0.39, 0.29) is 11.5 Å². The van der Waals surface area contributed by atoms with Gasteiger partial charge in [-0.25, -0.2) is 4.79 Å². The van der Waals surface area contributed by atoms with Gasteiger partial charge in [0.05, 0.1) is 11.1 Å². The minimum atomic E-state index is -0.981. The maximum absolute atomic E-state index is 13.4. The summed E-state index contributed by atoms with van der Waals surface area (Å²) in [6.07, 6.45) is 3.42. The minimum absolute atomic E-state index is 0.171. The number of piperidine rings is 1. The number of furan rings is 1. The van der Waals surface area contributed by atoms with Crippen LogP contribution in [0.2, 0.25) is 0 Å². The molecule has 34 heavy (non-hydrogen) atoms. The molecular weight excluding hydrogens is 428 g/mol. The summed E-state index contributed by atoms with van der Waals surface area (Å²) in [5.74, 6) is -0.562. The Hall–Kier alpha value is -4.06. The number of hydrogen-bond donors (Lipinski definition) is 2. The van der Waals surface area contributed by atoms with Gasteiger partial charge in [0.25, 0.3) is 5.91 Å². The van der Waals surface area contributed by atoms with Crippen molar-refractivity contribution in [2.45, 2.75) is 26.2 Å². The summed E-state index contributed by atoms with van der Waals surface area (Å²) in [6.45, 7) is 3.86. The van der Waals surface area contributed by atoms with Crippen LogP contribution in [0.15, 0.2) is 71.1 Å². The van der Waals surface area contributed by atoms with Gasteiger partial charge in [0, 0.05) is 35.4 Å². The number of aromatic carboxylic acids is 1. The number of aryl methyl sites for hydroxylation is 1. The molecule has 1 aromatic heterocycles. The Balaban J connectivity index is 1.53. The van der Waals surface area contributed by atoms with Gasteiger partial charge in [-0.15, -0.1) is 0 Å². The summed E-state index contributed by atoms with van der Waals surface area (Å²) in [6, 6.07) is 20.2. The first-order valence-corrected chi connectivity index (χ1v) is 11.5. The van der Waals surface area contributed by atoms with Crippen LogP contribution in [-0.4, -0.2) is 30.1 Å². The molecule has 0 aliphatic carbocycles. The van der Waals surface area contributed by atoms with E-state index >= 15 is 0 Å². The van der Waals surface area contributed by atoms with Crippen LogP contribution in [0.1, 0.15) is 45.5 Å². The van der Waals surface area contributed by atoms with E-state index in [9.17, 15) is 14.7 Å². The first kappa shape index (κ1) is 21.8. The monoisotopic (exact) mass is 454 g/mol. The Morgan fingerprint density at radius 1 is 0.912 bits per heavy atom. The first-order valence-electron chi connectivity index (χ1n) is 11.5. The maximum Gasteiger partial charge on any atom is 0.335 e. The minimum Gasteiger partial charge on any atom is -0.478 e. The van der Waals surface area contributed by atoms with Crippen molar-refractivity contribution < 1.29 is 19.1 Å². The molecule has 2 N–H and O–H groups in total. The molecule has 3 aromatic carbocycles. The van der Waals surface area contributed by atoms with Crippen LogP contribution in [0.3, 0.4) is 0 Å². The van der Waals surface area contributed by atoms with Gasteiger partial charge >= 0.3 is 5.97 Å². The zero-order valence-electron chi connectivity index (χ0n) is 19.0. The van der Waals surface area contributed by atoms with Crippen molar-refractivity contribution in [3.63, 3.8) is 0 Å². The van der Waals surface area contributed by atoms with Gasteiger partial charge in [0.15, 0.2) is 0 Å². The standard InChI is InChI=1S/C28H26N2O4/c1-18-5-9-22(10-6-18)29-27(31)23-16-19(7-11-24(23)30-13-3-2-4-14-30)26-17-21-15-20(28(32)33)8-12-25(21)34-26/h5-12,15-17H,2-4,13-14H2,1H3,(H,29,31)(H,32,33).